The summed E-state index contributed by atoms with van der Waals surface area (Å²) in [6, 6.07) is 4.50. The van der Waals surface area contributed by atoms with Crippen LogP contribution in [0.15, 0.2) is 29.2 Å². The summed E-state index contributed by atoms with van der Waals surface area (Å²) >= 11 is 6.21. The van der Waals surface area contributed by atoms with Crippen molar-refractivity contribution in [2.75, 3.05) is 5.32 Å². The van der Waals surface area contributed by atoms with E-state index in [1.807, 2.05) is 0 Å². The first-order valence-corrected chi connectivity index (χ1v) is 8.80. The molecule has 1 fully saturated rings. The van der Waals surface area contributed by atoms with Crippen LogP contribution in [-0.2, 0) is 4.79 Å². The van der Waals surface area contributed by atoms with Crippen LogP contribution in [0.1, 0.15) is 38.5 Å². The molecule has 1 aliphatic rings. The Hall–Kier alpha value is -1.85. The number of halogens is 1. The van der Waals surface area contributed by atoms with Crippen LogP contribution in [0.5, 0.6) is 0 Å². The van der Waals surface area contributed by atoms with Gasteiger partial charge >= 0.3 is 0 Å². The zero-order valence-electron chi connectivity index (χ0n) is 13.5. The second kappa shape index (κ2) is 7.36. The van der Waals surface area contributed by atoms with Crippen molar-refractivity contribution in [3.8, 4) is 0 Å². The van der Waals surface area contributed by atoms with E-state index < -0.39 is 6.04 Å². The van der Waals surface area contributed by atoms with Gasteiger partial charge < -0.3 is 16.0 Å². The van der Waals surface area contributed by atoms with Gasteiger partial charge in [0, 0.05) is 11.6 Å². The van der Waals surface area contributed by atoms with E-state index in [-0.39, 0.29) is 11.5 Å². The fraction of sp³-hybridized carbons (Fsp3) is 0.444. The van der Waals surface area contributed by atoms with Crippen LogP contribution >= 0.6 is 11.6 Å². The Balaban J connectivity index is 1.72. The van der Waals surface area contributed by atoms with E-state index in [4.69, 9.17) is 17.3 Å². The number of benzene rings is 1. The minimum absolute atomic E-state index is 0.207. The van der Waals surface area contributed by atoms with Crippen LogP contribution in [0.4, 0.5) is 5.69 Å². The van der Waals surface area contributed by atoms with Crippen LogP contribution in [-0.4, -0.2) is 16.9 Å². The number of pyridine rings is 1. The molecule has 2 aromatic rings. The predicted octanol–water partition coefficient (Wildman–Crippen LogP) is 3.42. The van der Waals surface area contributed by atoms with Gasteiger partial charge in [0.25, 0.3) is 5.56 Å². The molecule has 128 valence electrons. The molecule has 4 N–H and O–H groups in total. The third-order valence-corrected chi connectivity index (χ3v) is 5.08. The Morgan fingerprint density at radius 2 is 2.08 bits per heavy atom. The fourth-order valence-electron chi connectivity index (χ4n) is 3.42. The summed E-state index contributed by atoms with van der Waals surface area (Å²) in [4.78, 5) is 26.8. The SMILES string of the molecule is NC(CC1CCCCC1)C(=O)Nc1cc2cc[nH]c(=O)c2cc1Cl. The van der Waals surface area contributed by atoms with Gasteiger partial charge in [-0.3, -0.25) is 9.59 Å². The van der Waals surface area contributed by atoms with Gasteiger partial charge in [-0.05, 0) is 35.9 Å². The van der Waals surface area contributed by atoms with Crippen molar-refractivity contribution in [3.05, 3.63) is 39.8 Å². The Morgan fingerprint density at radius 3 is 2.83 bits per heavy atom. The third-order valence-electron chi connectivity index (χ3n) is 4.77. The zero-order valence-corrected chi connectivity index (χ0v) is 14.2. The second-order valence-electron chi connectivity index (χ2n) is 6.56. The van der Waals surface area contributed by atoms with Gasteiger partial charge in [0.2, 0.25) is 5.91 Å². The molecular weight excluding hydrogens is 326 g/mol. The lowest BCUT2D eigenvalue weighted by Gasteiger charge is -2.24. The van der Waals surface area contributed by atoms with E-state index in [2.05, 4.69) is 10.3 Å². The topological polar surface area (TPSA) is 88.0 Å². The van der Waals surface area contributed by atoms with Gasteiger partial charge in [-0.25, -0.2) is 0 Å². The summed E-state index contributed by atoms with van der Waals surface area (Å²) in [6.07, 6.45) is 8.31. The summed E-state index contributed by atoms with van der Waals surface area (Å²) in [5, 5.41) is 4.35. The number of hydrogen-bond acceptors (Lipinski definition) is 3. The molecule has 1 amide bonds. The van der Waals surface area contributed by atoms with E-state index in [0.717, 1.165) is 18.2 Å². The molecule has 0 spiro atoms. The van der Waals surface area contributed by atoms with E-state index in [9.17, 15) is 9.59 Å². The number of aromatic nitrogens is 1. The molecule has 0 radical (unpaired) electrons. The largest absolute Gasteiger partial charge is 0.329 e. The van der Waals surface area contributed by atoms with Gasteiger partial charge in [-0.2, -0.15) is 0 Å². The molecular formula is C18H22ClN3O2. The number of fused-ring (bicyclic) bond motifs is 1. The number of carbonyl (C=O) groups is 1. The average Bonchev–Trinajstić information content (AvgIpc) is 2.57. The monoisotopic (exact) mass is 347 g/mol. The molecule has 0 bridgehead atoms. The summed E-state index contributed by atoms with van der Waals surface area (Å²) in [5.41, 5.74) is 6.35. The maximum atomic E-state index is 12.4. The first-order valence-electron chi connectivity index (χ1n) is 8.42. The number of aromatic amines is 1. The fourth-order valence-corrected chi connectivity index (χ4v) is 3.63. The van der Waals surface area contributed by atoms with E-state index in [0.29, 0.717) is 28.4 Å². The quantitative estimate of drug-likeness (QED) is 0.791. The molecule has 1 aromatic carbocycles. The first-order chi connectivity index (χ1) is 11.5. The lowest BCUT2D eigenvalue weighted by Crippen LogP contribution is -2.37. The predicted molar refractivity (Wildman–Crippen MR) is 97.4 cm³/mol. The summed E-state index contributed by atoms with van der Waals surface area (Å²) in [7, 11) is 0. The first kappa shape index (κ1) is 17.0. The van der Waals surface area contributed by atoms with Crippen LogP contribution in [0.25, 0.3) is 10.8 Å². The number of carbonyl (C=O) groups excluding carboxylic acids is 1. The van der Waals surface area contributed by atoms with Gasteiger partial charge in [-0.1, -0.05) is 43.7 Å². The summed E-state index contributed by atoms with van der Waals surface area (Å²) < 4.78 is 0. The molecule has 5 nitrogen and oxygen atoms in total. The minimum atomic E-state index is -0.543. The number of anilines is 1. The van der Waals surface area contributed by atoms with Crippen molar-refractivity contribution in [1.82, 2.24) is 4.98 Å². The van der Waals surface area contributed by atoms with Crippen molar-refractivity contribution in [2.45, 2.75) is 44.6 Å². The Morgan fingerprint density at radius 1 is 1.33 bits per heavy atom. The highest BCUT2D eigenvalue weighted by Crippen LogP contribution is 2.29. The van der Waals surface area contributed by atoms with Crippen molar-refractivity contribution in [3.63, 3.8) is 0 Å². The molecule has 1 saturated carbocycles. The second-order valence-corrected chi connectivity index (χ2v) is 6.97. The maximum Gasteiger partial charge on any atom is 0.255 e. The molecule has 6 heteroatoms. The van der Waals surface area contributed by atoms with Crippen molar-refractivity contribution < 1.29 is 4.79 Å². The molecule has 1 aliphatic carbocycles. The standard InChI is InChI=1S/C18H22ClN3O2/c19-14-10-13-12(6-7-21-17(13)23)9-16(14)22-18(24)15(20)8-11-4-2-1-3-5-11/h6-7,9-11,15H,1-5,8,20H2,(H,21,23)(H,22,24). The van der Waals surface area contributed by atoms with Crippen molar-refractivity contribution in [1.29, 1.82) is 0 Å². The smallest absolute Gasteiger partial charge is 0.255 e. The zero-order chi connectivity index (χ0) is 17.1. The summed E-state index contributed by atoms with van der Waals surface area (Å²) in [6.45, 7) is 0. The van der Waals surface area contributed by atoms with E-state index >= 15 is 0 Å². The third kappa shape index (κ3) is 3.79. The van der Waals surface area contributed by atoms with Crippen LogP contribution in [0.2, 0.25) is 5.02 Å². The van der Waals surface area contributed by atoms with Gasteiger partial charge in [0.15, 0.2) is 0 Å². The number of hydrogen-bond donors (Lipinski definition) is 3. The van der Waals surface area contributed by atoms with E-state index in [1.165, 1.54) is 19.3 Å². The highest BCUT2D eigenvalue weighted by atomic mass is 35.5. The maximum absolute atomic E-state index is 12.4. The van der Waals surface area contributed by atoms with Crippen molar-refractivity contribution in [2.24, 2.45) is 11.7 Å². The van der Waals surface area contributed by atoms with Gasteiger partial charge in [0.05, 0.1) is 16.8 Å². The average molecular weight is 348 g/mol. The molecule has 24 heavy (non-hydrogen) atoms. The van der Waals surface area contributed by atoms with Crippen molar-refractivity contribution >= 4 is 34.0 Å². The Kier molecular flexibility index (Phi) is 5.21. The van der Waals surface area contributed by atoms with Crippen LogP contribution in [0, 0.1) is 5.92 Å². The molecule has 1 unspecified atom stereocenters. The number of nitrogens with two attached hydrogens (primary N) is 1. The van der Waals surface area contributed by atoms with Gasteiger partial charge in [-0.15, -0.1) is 0 Å². The lowest BCUT2D eigenvalue weighted by atomic mass is 9.85. The number of amides is 1. The molecule has 0 aliphatic heterocycles. The molecule has 1 heterocycles. The van der Waals surface area contributed by atoms with Crippen LogP contribution < -0.4 is 16.6 Å². The Bertz CT molecular complexity index is 796. The van der Waals surface area contributed by atoms with Gasteiger partial charge in [0.1, 0.15) is 0 Å². The normalized spacial score (nSPS) is 16.9. The lowest BCUT2D eigenvalue weighted by molar-refractivity contribution is -0.117. The molecule has 0 saturated heterocycles. The highest BCUT2D eigenvalue weighted by molar-refractivity contribution is 6.34. The molecule has 1 aromatic heterocycles. The number of H-pyrrole nitrogens is 1. The summed E-state index contributed by atoms with van der Waals surface area (Å²) in [5.74, 6) is 0.303. The number of rotatable bonds is 4. The molecule has 1 atom stereocenters. The van der Waals surface area contributed by atoms with E-state index in [1.54, 1.807) is 24.4 Å². The molecule has 3 rings (SSSR count). The highest BCUT2D eigenvalue weighted by Gasteiger charge is 2.22. The Labute approximate surface area is 145 Å². The number of nitrogens with one attached hydrogen (secondary N) is 2. The minimum Gasteiger partial charge on any atom is -0.329 e. The van der Waals surface area contributed by atoms with Crippen LogP contribution in [0.3, 0.4) is 0 Å².